The van der Waals surface area contributed by atoms with E-state index in [0.29, 0.717) is 0 Å². The van der Waals surface area contributed by atoms with Gasteiger partial charge in [-0.15, -0.1) is 0 Å². The van der Waals surface area contributed by atoms with Crippen molar-refractivity contribution in [2.75, 3.05) is 0 Å². The molecule has 0 aliphatic rings. The predicted octanol–water partition coefficient (Wildman–Crippen LogP) is 2.42. The first-order valence-corrected chi connectivity index (χ1v) is 4.61. The van der Waals surface area contributed by atoms with Gasteiger partial charge in [0.25, 0.3) is 5.24 Å². The molecule has 64 valence electrons. The lowest BCUT2D eigenvalue weighted by Crippen LogP contribution is -2.02. The zero-order valence-electron chi connectivity index (χ0n) is 6.91. The number of rotatable bonds is 2. The van der Waals surface area contributed by atoms with Crippen molar-refractivity contribution in [2.45, 2.75) is 18.2 Å². The molecule has 0 radical (unpaired) electrons. The van der Waals surface area contributed by atoms with Crippen LogP contribution in [0.2, 0.25) is 0 Å². The number of nitrogens with two attached hydrogens (primary N) is 1. The molecule has 0 unspecified atom stereocenters. The molecule has 1 aromatic rings. The van der Waals surface area contributed by atoms with E-state index in [2.05, 4.69) is 6.92 Å². The molecule has 0 spiro atoms. The number of carbonyl (C=O) groups excluding carboxylic acids is 1. The zero-order chi connectivity index (χ0) is 8.97. The highest BCUT2D eigenvalue weighted by molar-refractivity contribution is 8.13. The van der Waals surface area contributed by atoms with Gasteiger partial charge in [-0.2, -0.15) is 0 Å². The minimum Gasteiger partial charge on any atom is -0.360 e. The van der Waals surface area contributed by atoms with Crippen molar-refractivity contribution >= 4 is 17.0 Å². The van der Waals surface area contributed by atoms with E-state index in [1.165, 1.54) is 5.56 Å². The van der Waals surface area contributed by atoms with E-state index in [1.807, 2.05) is 24.3 Å². The average molecular weight is 181 g/mol. The molecular formula is C9H11NOS. The van der Waals surface area contributed by atoms with E-state index in [-0.39, 0.29) is 5.24 Å². The van der Waals surface area contributed by atoms with Crippen molar-refractivity contribution in [2.24, 2.45) is 5.73 Å². The highest BCUT2D eigenvalue weighted by atomic mass is 32.2. The van der Waals surface area contributed by atoms with Crippen LogP contribution >= 0.6 is 11.8 Å². The molecule has 2 N–H and O–H groups in total. The standard InChI is InChI=1S/C9H11NOS/c1-2-7-5-3-4-6-8(7)12-9(10)11/h3-6H,2H2,1H3,(H2,10,11). The maximum atomic E-state index is 10.6. The second-order valence-corrected chi connectivity index (χ2v) is 3.43. The Labute approximate surface area is 76.2 Å². The Bertz CT molecular complexity index is 286. The molecule has 0 aromatic heterocycles. The zero-order valence-corrected chi connectivity index (χ0v) is 7.73. The van der Waals surface area contributed by atoms with Gasteiger partial charge in [0.2, 0.25) is 0 Å². The van der Waals surface area contributed by atoms with Crippen LogP contribution in [0.15, 0.2) is 29.2 Å². The molecule has 1 amide bonds. The molecule has 3 heteroatoms. The maximum absolute atomic E-state index is 10.6. The third-order valence-corrected chi connectivity index (χ3v) is 2.38. The van der Waals surface area contributed by atoms with Crippen LogP contribution in [0.25, 0.3) is 0 Å². The van der Waals surface area contributed by atoms with Crippen LogP contribution in [-0.4, -0.2) is 5.24 Å². The van der Waals surface area contributed by atoms with Gasteiger partial charge in [-0.05, 0) is 29.8 Å². The predicted molar refractivity (Wildman–Crippen MR) is 51.3 cm³/mol. The van der Waals surface area contributed by atoms with E-state index >= 15 is 0 Å². The summed E-state index contributed by atoms with van der Waals surface area (Å²) in [5.41, 5.74) is 6.24. The summed E-state index contributed by atoms with van der Waals surface area (Å²) in [5.74, 6) is 0. The van der Waals surface area contributed by atoms with Crippen molar-refractivity contribution < 1.29 is 4.79 Å². The Hall–Kier alpha value is -0.960. The number of hydrogen-bond acceptors (Lipinski definition) is 2. The van der Waals surface area contributed by atoms with Crippen molar-refractivity contribution in [3.63, 3.8) is 0 Å². The molecular weight excluding hydrogens is 170 g/mol. The summed E-state index contributed by atoms with van der Waals surface area (Å²) in [5, 5.41) is -0.351. The molecule has 12 heavy (non-hydrogen) atoms. The number of benzene rings is 1. The summed E-state index contributed by atoms with van der Waals surface area (Å²) in [6, 6.07) is 7.79. The van der Waals surface area contributed by atoms with Gasteiger partial charge in [-0.3, -0.25) is 4.79 Å². The van der Waals surface area contributed by atoms with Crippen LogP contribution in [-0.2, 0) is 6.42 Å². The van der Waals surface area contributed by atoms with Crippen molar-refractivity contribution in [3.05, 3.63) is 29.8 Å². The lowest BCUT2D eigenvalue weighted by molar-refractivity contribution is 0.267. The van der Waals surface area contributed by atoms with Crippen LogP contribution in [0.3, 0.4) is 0 Å². The molecule has 2 nitrogen and oxygen atoms in total. The minimum absolute atomic E-state index is 0.351. The highest BCUT2D eigenvalue weighted by Crippen LogP contribution is 2.22. The van der Waals surface area contributed by atoms with Gasteiger partial charge in [0.15, 0.2) is 0 Å². The summed E-state index contributed by atoms with van der Waals surface area (Å²) in [6.07, 6.45) is 0.927. The molecule has 0 fully saturated rings. The van der Waals surface area contributed by atoms with Crippen LogP contribution in [0, 0.1) is 0 Å². The Morgan fingerprint density at radius 1 is 1.50 bits per heavy atom. The van der Waals surface area contributed by atoms with Gasteiger partial charge in [0, 0.05) is 4.90 Å². The topological polar surface area (TPSA) is 43.1 Å². The van der Waals surface area contributed by atoms with Crippen molar-refractivity contribution in [3.8, 4) is 0 Å². The second-order valence-electron chi connectivity index (χ2n) is 2.38. The monoisotopic (exact) mass is 181 g/mol. The minimum atomic E-state index is -0.351. The van der Waals surface area contributed by atoms with Crippen molar-refractivity contribution in [1.82, 2.24) is 0 Å². The van der Waals surface area contributed by atoms with Crippen LogP contribution in [0.5, 0.6) is 0 Å². The van der Waals surface area contributed by atoms with Crippen LogP contribution in [0.4, 0.5) is 4.79 Å². The largest absolute Gasteiger partial charge is 0.360 e. The second kappa shape index (κ2) is 4.16. The van der Waals surface area contributed by atoms with Crippen molar-refractivity contribution in [1.29, 1.82) is 0 Å². The number of carbonyl (C=O) groups is 1. The van der Waals surface area contributed by atoms with Gasteiger partial charge in [0.05, 0.1) is 0 Å². The number of thioether (sulfide) groups is 1. The van der Waals surface area contributed by atoms with E-state index in [1.54, 1.807) is 0 Å². The SMILES string of the molecule is CCc1ccccc1SC(N)=O. The summed E-state index contributed by atoms with van der Waals surface area (Å²) >= 11 is 1.09. The van der Waals surface area contributed by atoms with E-state index < -0.39 is 0 Å². The Kier molecular flexibility index (Phi) is 3.17. The van der Waals surface area contributed by atoms with Crippen LogP contribution in [0.1, 0.15) is 12.5 Å². The Balaban J connectivity index is 2.89. The number of hydrogen-bond donors (Lipinski definition) is 1. The summed E-state index contributed by atoms with van der Waals surface area (Å²) in [7, 11) is 0. The van der Waals surface area contributed by atoms with Gasteiger partial charge in [0.1, 0.15) is 0 Å². The molecule has 0 saturated heterocycles. The number of primary amides is 1. The molecule has 1 rings (SSSR count). The molecule has 1 aromatic carbocycles. The summed E-state index contributed by atoms with van der Waals surface area (Å²) < 4.78 is 0. The number of amides is 1. The van der Waals surface area contributed by atoms with E-state index in [0.717, 1.165) is 23.1 Å². The third kappa shape index (κ3) is 2.27. The van der Waals surface area contributed by atoms with Gasteiger partial charge in [-0.25, -0.2) is 0 Å². The lowest BCUT2D eigenvalue weighted by atomic mass is 10.2. The normalized spacial score (nSPS) is 9.75. The lowest BCUT2D eigenvalue weighted by Gasteiger charge is -2.02. The van der Waals surface area contributed by atoms with Crippen LogP contribution < -0.4 is 5.73 Å². The molecule has 0 aliphatic heterocycles. The maximum Gasteiger partial charge on any atom is 0.281 e. The average Bonchev–Trinajstić information content (AvgIpc) is 2.04. The first-order chi connectivity index (χ1) is 5.74. The quantitative estimate of drug-likeness (QED) is 0.712. The van der Waals surface area contributed by atoms with E-state index in [4.69, 9.17) is 5.73 Å². The molecule has 0 bridgehead atoms. The molecule has 0 saturated carbocycles. The fourth-order valence-corrected chi connectivity index (χ4v) is 1.71. The highest BCUT2D eigenvalue weighted by Gasteiger charge is 2.02. The first kappa shape index (κ1) is 9.13. The van der Waals surface area contributed by atoms with Gasteiger partial charge < -0.3 is 5.73 Å². The van der Waals surface area contributed by atoms with Gasteiger partial charge >= 0.3 is 0 Å². The smallest absolute Gasteiger partial charge is 0.281 e. The van der Waals surface area contributed by atoms with E-state index in [9.17, 15) is 4.79 Å². The van der Waals surface area contributed by atoms with Gasteiger partial charge in [-0.1, -0.05) is 25.1 Å². The molecule has 0 heterocycles. The molecule has 0 atom stereocenters. The number of aryl methyl sites for hydroxylation is 1. The molecule has 0 aliphatic carbocycles. The fourth-order valence-electron chi connectivity index (χ4n) is 1.00. The summed E-state index contributed by atoms with van der Waals surface area (Å²) in [6.45, 7) is 2.06. The fraction of sp³-hybridized carbons (Fsp3) is 0.222. The Morgan fingerprint density at radius 2 is 2.17 bits per heavy atom. The Morgan fingerprint density at radius 3 is 2.75 bits per heavy atom. The summed E-state index contributed by atoms with van der Waals surface area (Å²) in [4.78, 5) is 11.6. The first-order valence-electron chi connectivity index (χ1n) is 3.79. The third-order valence-electron chi connectivity index (χ3n) is 1.56.